The number of aliphatic hydroxyl groups is 1. The third kappa shape index (κ3) is 3.23. The van der Waals surface area contributed by atoms with E-state index in [1.54, 1.807) is 0 Å². The van der Waals surface area contributed by atoms with E-state index in [-0.39, 0.29) is 12.6 Å². The number of hydrogen-bond donors (Lipinski definition) is 1. The SMILES string of the molecule is C[P@@](=O)(CCN1CCC[C@@H]1CO)c1ccccc1. The molecule has 1 fully saturated rings. The van der Waals surface area contributed by atoms with Crippen LogP contribution < -0.4 is 5.30 Å². The number of benzene rings is 1. The lowest BCUT2D eigenvalue weighted by molar-refractivity contribution is 0.165. The van der Waals surface area contributed by atoms with Crippen molar-refractivity contribution in [3.63, 3.8) is 0 Å². The van der Waals surface area contributed by atoms with Crippen LogP contribution in [0, 0.1) is 0 Å². The number of rotatable bonds is 5. The average molecular weight is 267 g/mol. The minimum Gasteiger partial charge on any atom is -0.395 e. The molecule has 1 aromatic rings. The fraction of sp³-hybridized carbons (Fsp3) is 0.571. The number of likely N-dealkylation sites (tertiary alicyclic amines) is 1. The molecule has 18 heavy (non-hydrogen) atoms. The predicted molar refractivity (Wildman–Crippen MR) is 76.2 cm³/mol. The van der Waals surface area contributed by atoms with Crippen LogP contribution in [0.4, 0.5) is 0 Å². The molecule has 1 N–H and O–H groups in total. The first kappa shape index (κ1) is 13.8. The maximum absolute atomic E-state index is 12.7. The molecular formula is C14H22NO2P. The number of nitrogens with zero attached hydrogens (tertiary/aromatic N) is 1. The molecule has 4 heteroatoms. The van der Waals surface area contributed by atoms with E-state index < -0.39 is 7.14 Å². The van der Waals surface area contributed by atoms with Gasteiger partial charge in [0.1, 0.15) is 7.14 Å². The fourth-order valence-electron chi connectivity index (χ4n) is 2.59. The van der Waals surface area contributed by atoms with E-state index in [2.05, 4.69) is 4.90 Å². The second-order valence-corrected chi connectivity index (χ2v) is 8.34. The monoisotopic (exact) mass is 267 g/mol. The van der Waals surface area contributed by atoms with E-state index in [9.17, 15) is 9.67 Å². The molecular weight excluding hydrogens is 245 g/mol. The Labute approximate surface area is 109 Å². The summed E-state index contributed by atoms with van der Waals surface area (Å²) in [7, 11) is -2.26. The lowest BCUT2D eigenvalue weighted by atomic mass is 10.2. The highest BCUT2D eigenvalue weighted by molar-refractivity contribution is 7.70. The molecule has 0 spiro atoms. The first-order valence-corrected chi connectivity index (χ1v) is 8.94. The van der Waals surface area contributed by atoms with Crippen LogP contribution >= 0.6 is 7.14 Å². The summed E-state index contributed by atoms with van der Waals surface area (Å²) in [5.41, 5.74) is 0. The van der Waals surface area contributed by atoms with Crippen LogP contribution in [-0.2, 0) is 4.57 Å². The van der Waals surface area contributed by atoms with Crippen molar-refractivity contribution >= 4 is 12.4 Å². The van der Waals surface area contributed by atoms with Crippen LogP contribution in [0.5, 0.6) is 0 Å². The summed E-state index contributed by atoms with van der Waals surface area (Å²) >= 11 is 0. The van der Waals surface area contributed by atoms with Crippen LogP contribution in [0.15, 0.2) is 30.3 Å². The van der Waals surface area contributed by atoms with E-state index in [0.29, 0.717) is 6.16 Å². The Morgan fingerprint density at radius 1 is 1.39 bits per heavy atom. The van der Waals surface area contributed by atoms with Gasteiger partial charge in [-0.3, -0.25) is 4.90 Å². The average Bonchev–Trinajstić information content (AvgIpc) is 2.85. The second-order valence-electron chi connectivity index (χ2n) is 5.17. The molecule has 1 saturated heterocycles. The molecule has 0 saturated carbocycles. The molecule has 2 rings (SSSR count). The van der Waals surface area contributed by atoms with Crippen LogP contribution in [0.2, 0.25) is 0 Å². The van der Waals surface area contributed by atoms with E-state index in [4.69, 9.17) is 0 Å². The number of aliphatic hydroxyl groups excluding tert-OH is 1. The third-order valence-electron chi connectivity index (χ3n) is 3.83. The normalized spacial score (nSPS) is 24.0. The summed E-state index contributed by atoms with van der Waals surface area (Å²) in [5.74, 6) is 0. The molecule has 0 aromatic heterocycles. The Balaban J connectivity index is 1.95. The largest absolute Gasteiger partial charge is 0.395 e. The van der Waals surface area contributed by atoms with Crippen molar-refractivity contribution in [2.45, 2.75) is 18.9 Å². The van der Waals surface area contributed by atoms with Gasteiger partial charge >= 0.3 is 0 Å². The van der Waals surface area contributed by atoms with Crippen molar-refractivity contribution in [3.8, 4) is 0 Å². The van der Waals surface area contributed by atoms with Gasteiger partial charge in [0.15, 0.2) is 0 Å². The van der Waals surface area contributed by atoms with E-state index in [1.807, 2.05) is 37.0 Å². The lowest BCUT2D eigenvalue weighted by Gasteiger charge is -2.24. The van der Waals surface area contributed by atoms with E-state index >= 15 is 0 Å². The van der Waals surface area contributed by atoms with Crippen LogP contribution in [-0.4, -0.2) is 48.6 Å². The molecule has 100 valence electrons. The molecule has 3 nitrogen and oxygen atoms in total. The Bertz CT molecular complexity index is 421. The molecule has 0 bridgehead atoms. The quantitative estimate of drug-likeness (QED) is 0.826. The van der Waals surface area contributed by atoms with Crippen molar-refractivity contribution in [2.75, 3.05) is 32.5 Å². The molecule has 0 unspecified atom stereocenters. The topological polar surface area (TPSA) is 40.5 Å². The highest BCUT2D eigenvalue weighted by atomic mass is 31.2. The summed E-state index contributed by atoms with van der Waals surface area (Å²) in [6.45, 7) is 3.94. The van der Waals surface area contributed by atoms with Gasteiger partial charge in [0.2, 0.25) is 0 Å². The van der Waals surface area contributed by atoms with Gasteiger partial charge in [-0.25, -0.2) is 0 Å². The van der Waals surface area contributed by atoms with E-state index in [1.165, 1.54) is 0 Å². The molecule has 2 atom stereocenters. The van der Waals surface area contributed by atoms with Gasteiger partial charge in [0.05, 0.1) is 6.61 Å². The van der Waals surface area contributed by atoms with Gasteiger partial charge in [-0.1, -0.05) is 30.3 Å². The van der Waals surface area contributed by atoms with Crippen molar-refractivity contribution in [1.29, 1.82) is 0 Å². The summed E-state index contributed by atoms with van der Waals surface area (Å²) in [4.78, 5) is 2.28. The molecule has 0 radical (unpaired) electrons. The third-order valence-corrected chi connectivity index (χ3v) is 6.27. The van der Waals surface area contributed by atoms with Crippen molar-refractivity contribution in [1.82, 2.24) is 4.90 Å². The van der Waals surface area contributed by atoms with E-state index in [0.717, 1.165) is 31.2 Å². The lowest BCUT2D eigenvalue weighted by Crippen LogP contribution is -2.34. The molecule has 0 aliphatic carbocycles. The zero-order chi connectivity index (χ0) is 13.0. The molecule has 1 aromatic carbocycles. The summed E-state index contributed by atoms with van der Waals surface area (Å²) in [5, 5.41) is 10.2. The Morgan fingerprint density at radius 2 is 2.11 bits per heavy atom. The molecule has 1 aliphatic rings. The van der Waals surface area contributed by atoms with Gasteiger partial charge in [-0.15, -0.1) is 0 Å². The molecule has 0 amide bonds. The van der Waals surface area contributed by atoms with Gasteiger partial charge in [-0.2, -0.15) is 0 Å². The van der Waals surface area contributed by atoms with Crippen molar-refractivity contribution < 1.29 is 9.67 Å². The van der Waals surface area contributed by atoms with Crippen molar-refractivity contribution in [2.24, 2.45) is 0 Å². The van der Waals surface area contributed by atoms with Gasteiger partial charge < -0.3 is 9.67 Å². The Hall–Kier alpha value is -0.630. The Morgan fingerprint density at radius 3 is 2.78 bits per heavy atom. The zero-order valence-electron chi connectivity index (χ0n) is 11.0. The standard InChI is InChI=1S/C14H22NO2P/c1-18(17,14-7-3-2-4-8-14)11-10-15-9-5-6-13(15)12-16/h2-4,7-8,13,16H,5-6,9-12H2,1H3/t13-,18-/m1/s1. The maximum Gasteiger partial charge on any atom is 0.113 e. The summed E-state index contributed by atoms with van der Waals surface area (Å²) < 4.78 is 12.7. The second kappa shape index (κ2) is 6.01. The smallest absolute Gasteiger partial charge is 0.113 e. The zero-order valence-corrected chi connectivity index (χ0v) is 11.9. The highest BCUT2D eigenvalue weighted by Crippen LogP contribution is 2.39. The number of hydrogen-bond acceptors (Lipinski definition) is 3. The minimum absolute atomic E-state index is 0.222. The van der Waals surface area contributed by atoms with Crippen LogP contribution in [0.1, 0.15) is 12.8 Å². The fourth-order valence-corrected chi connectivity index (χ4v) is 4.29. The van der Waals surface area contributed by atoms with Gasteiger partial charge in [0.25, 0.3) is 0 Å². The molecule has 1 aliphatic heterocycles. The van der Waals surface area contributed by atoms with Crippen molar-refractivity contribution in [3.05, 3.63) is 30.3 Å². The first-order valence-electron chi connectivity index (χ1n) is 6.60. The summed E-state index contributed by atoms with van der Waals surface area (Å²) in [6, 6.07) is 10.0. The highest BCUT2D eigenvalue weighted by Gasteiger charge is 2.26. The minimum atomic E-state index is -2.26. The summed E-state index contributed by atoms with van der Waals surface area (Å²) in [6.07, 6.45) is 2.91. The van der Waals surface area contributed by atoms with Crippen LogP contribution in [0.3, 0.4) is 0 Å². The maximum atomic E-state index is 12.7. The van der Waals surface area contributed by atoms with Gasteiger partial charge in [-0.05, 0) is 26.1 Å². The Kier molecular flexibility index (Phi) is 4.60. The first-order chi connectivity index (χ1) is 8.63. The van der Waals surface area contributed by atoms with Gasteiger partial charge in [0, 0.05) is 24.1 Å². The predicted octanol–water partition coefficient (Wildman–Crippen LogP) is 1.76. The molecule has 1 heterocycles. The van der Waals surface area contributed by atoms with Crippen LogP contribution in [0.25, 0.3) is 0 Å².